The van der Waals surface area contributed by atoms with Crippen LogP contribution in [-0.4, -0.2) is 5.11 Å². The van der Waals surface area contributed by atoms with E-state index in [1.807, 2.05) is 12.1 Å². The lowest BCUT2D eigenvalue weighted by atomic mass is 10.00. The molecule has 0 aliphatic rings. The molecule has 0 heterocycles. The molecule has 110 valence electrons. The largest absolute Gasteiger partial charge is 0.356 e. The first-order valence-corrected chi connectivity index (χ1v) is 7.40. The van der Waals surface area contributed by atoms with Crippen LogP contribution in [0.15, 0.2) is 48.5 Å². The van der Waals surface area contributed by atoms with Gasteiger partial charge in [0.2, 0.25) is 0 Å². The summed E-state index contributed by atoms with van der Waals surface area (Å²) in [5.41, 5.74) is 2.80. The molecule has 21 heavy (non-hydrogen) atoms. The van der Waals surface area contributed by atoms with Crippen LogP contribution in [0.25, 0.3) is 0 Å². The molecule has 2 rings (SSSR count). The lowest BCUT2D eigenvalue weighted by Gasteiger charge is -2.21. The number of hydrogen-bond acceptors (Lipinski definition) is 1. The van der Waals surface area contributed by atoms with E-state index >= 15 is 0 Å². The molecule has 0 aliphatic carbocycles. The number of nitrogens with one attached hydrogen (secondary N) is 2. The molecule has 0 bridgehead atoms. The minimum absolute atomic E-state index is 0.109. The monoisotopic (exact) mass is 302 g/mol. The molecule has 4 heteroatoms. The Kier molecular flexibility index (Phi) is 5.28. The van der Waals surface area contributed by atoms with Crippen molar-refractivity contribution in [3.8, 4) is 0 Å². The highest BCUT2D eigenvalue weighted by Gasteiger charge is 2.13. The molecule has 2 aromatic rings. The maximum absolute atomic E-state index is 13.6. The zero-order valence-electron chi connectivity index (χ0n) is 12.2. The normalized spacial score (nSPS) is 11.8. The van der Waals surface area contributed by atoms with E-state index in [0.29, 0.717) is 10.8 Å². The minimum atomic E-state index is -0.314. The van der Waals surface area contributed by atoms with Gasteiger partial charge in [-0.15, -0.1) is 0 Å². The summed E-state index contributed by atoms with van der Waals surface area (Å²) in [6.45, 7) is 4.17. The maximum atomic E-state index is 13.6. The predicted molar refractivity (Wildman–Crippen MR) is 90.0 cm³/mol. The van der Waals surface area contributed by atoms with Crippen LogP contribution in [0.3, 0.4) is 0 Å². The van der Waals surface area contributed by atoms with E-state index in [9.17, 15) is 4.39 Å². The van der Waals surface area contributed by atoms with Crippen molar-refractivity contribution in [3.05, 3.63) is 65.5 Å². The van der Waals surface area contributed by atoms with Gasteiger partial charge in [-0.3, -0.25) is 0 Å². The van der Waals surface area contributed by atoms with Gasteiger partial charge in [0.1, 0.15) is 5.82 Å². The number of para-hydroxylation sites is 1. The first-order chi connectivity index (χ1) is 10.1. The molecule has 0 unspecified atom stereocenters. The average Bonchev–Trinajstić information content (AvgIpc) is 2.48. The highest BCUT2D eigenvalue weighted by molar-refractivity contribution is 7.80. The van der Waals surface area contributed by atoms with Gasteiger partial charge in [-0.25, -0.2) is 4.39 Å². The molecular weight excluding hydrogens is 283 g/mol. The van der Waals surface area contributed by atoms with Crippen molar-refractivity contribution in [3.63, 3.8) is 0 Å². The van der Waals surface area contributed by atoms with Crippen molar-refractivity contribution in [2.45, 2.75) is 26.3 Å². The Morgan fingerprint density at radius 1 is 1.14 bits per heavy atom. The second-order valence-corrected chi connectivity index (χ2v) is 5.30. The van der Waals surface area contributed by atoms with Crippen molar-refractivity contribution in [2.24, 2.45) is 0 Å². The Morgan fingerprint density at radius 2 is 1.81 bits per heavy atom. The molecule has 1 atom stereocenters. The predicted octanol–water partition coefficient (Wildman–Crippen LogP) is 4.57. The van der Waals surface area contributed by atoms with Crippen LogP contribution in [0, 0.1) is 12.7 Å². The number of hydrogen-bond donors (Lipinski definition) is 2. The molecule has 2 N–H and O–H groups in total. The Labute approximate surface area is 130 Å². The van der Waals surface area contributed by atoms with Crippen LogP contribution in [0.2, 0.25) is 0 Å². The summed E-state index contributed by atoms with van der Waals surface area (Å²) in [6, 6.07) is 14.8. The number of aryl methyl sites for hydroxylation is 1. The summed E-state index contributed by atoms with van der Waals surface area (Å²) < 4.78 is 13.6. The Balaban J connectivity index is 2.07. The van der Waals surface area contributed by atoms with Gasteiger partial charge in [0.15, 0.2) is 5.11 Å². The fraction of sp³-hybridized carbons (Fsp3) is 0.235. The Hall–Kier alpha value is -1.94. The standard InChI is InChI=1S/C17H19FN2S/c1-3-15(13-9-5-4-8-12(13)2)19-17(21)20-16-11-7-6-10-14(16)18/h4-11,15H,3H2,1-2H3,(H2,19,20,21)/t15-/m0/s1. The van der Waals surface area contributed by atoms with Gasteiger partial charge < -0.3 is 10.6 Å². The molecule has 0 aliphatic heterocycles. The minimum Gasteiger partial charge on any atom is -0.356 e. The summed E-state index contributed by atoms with van der Waals surface area (Å²) in [5, 5.41) is 6.59. The van der Waals surface area contributed by atoms with Crippen LogP contribution >= 0.6 is 12.2 Å². The van der Waals surface area contributed by atoms with E-state index < -0.39 is 0 Å². The summed E-state index contributed by atoms with van der Waals surface area (Å²) in [7, 11) is 0. The van der Waals surface area contributed by atoms with E-state index in [2.05, 4.69) is 36.6 Å². The van der Waals surface area contributed by atoms with Crippen LogP contribution in [0.4, 0.5) is 10.1 Å². The smallest absolute Gasteiger partial charge is 0.171 e. The van der Waals surface area contributed by atoms with E-state index in [1.165, 1.54) is 17.2 Å². The van der Waals surface area contributed by atoms with Crippen molar-refractivity contribution in [2.75, 3.05) is 5.32 Å². The fourth-order valence-corrected chi connectivity index (χ4v) is 2.51. The van der Waals surface area contributed by atoms with Gasteiger partial charge in [-0.1, -0.05) is 43.3 Å². The van der Waals surface area contributed by atoms with E-state index in [0.717, 1.165) is 6.42 Å². The lowest BCUT2D eigenvalue weighted by Crippen LogP contribution is -2.32. The molecule has 0 fully saturated rings. The first kappa shape index (κ1) is 15.4. The SMILES string of the molecule is CC[C@H](NC(=S)Nc1ccccc1F)c1ccccc1C. The highest BCUT2D eigenvalue weighted by Crippen LogP contribution is 2.20. The van der Waals surface area contributed by atoms with E-state index in [1.54, 1.807) is 18.2 Å². The number of thiocarbonyl (C=S) groups is 1. The summed E-state index contributed by atoms with van der Waals surface area (Å²) in [4.78, 5) is 0. The van der Waals surface area contributed by atoms with Crippen LogP contribution in [0.5, 0.6) is 0 Å². The third-order valence-corrected chi connectivity index (χ3v) is 3.62. The van der Waals surface area contributed by atoms with Crippen LogP contribution in [0.1, 0.15) is 30.5 Å². The van der Waals surface area contributed by atoms with Crippen LogP contribution in [-0.2, 0) is 0 Å². The number of anilines is 1. The van der Waals surface area contributed by atoms with Crippen molar-refractivity contribution in [1.82, 2.24) is 5.32 Å². The second kappa shape index (κ2) is 7.18. The topological polar surface area (TPSA) is 24.1 Å². The molecule has 0 saturated heterocycles. The van der Waals surface area contributed by atoms with Gasteiger partial charge in [0.25, 0.3) is 0 Å². The highest BCUT2D eigenvalue weighted by atomic mass is 32.1. The average molecular weight is 302 g/mol. The third-order valence-electron chi connectivity index (χ3n) is 3.40. The quantitative estimate of drug-likeness (QED) is 0.809. The molecule has 0 saturated carbocycles. The number of halogens is 1. The first-order valence-electron chi connectivity index (χ1n) is 6.99. The summed E-state index contributed by atoms with van der Waals surface area (Å²) in [6.07, 6.45) is 0.893. The molecule has 0 spiro atoms. The van der Waals surface area contributed by atoms with Gasteiger partial charge in [0.05, 0.1) is 11.7 Å². The van der Waals surface area contributed by atoms with Crippen molar-refractivity contribution in [1.29, 1.82) is 0 Å². The molecular formula is C17H19FN2S. The summed E-state index contributed by atoms with van der Waals surface area (Å²) in [5.74, 6) is -0.314. The lowest BCUT2D eigenvalue weighted by molar-refractivity contribution is 0.621. The van der Waals surface area contributed by atoms with Gasteiger partial charge in [-0.2, -0.15) is 0 Å². The fourth-order valence-electron chi connectivity index (χ4n) is 2.26. The maximum Gasteiger partial charge on any atom is 0.171 e. The van der Waals surface area contributed by atoms with Gasteiger partial charge in [-0.05, 0) is 48.8 Å². The Morgan fingerprint density at radius 3 is 2.48 bits per heavy atom. The summed E-state index contributed by atoms with van der Waals surface area (Å²) >= 11 is 5.29. The van der Waals surface area contributed by atoms with Gasteiger partial charge >= 0.3 is 0 Å². The second-order valence-electron chi connectivity index (χ2n) is 4.90. The van der Waals surface area contributed by atoms with Crippen LogP contribution < -0.4 is 10.6 Å². The third kappa shape index (κ3) is 4.02. The molecule has 0 amide bonds. The zero-order chi connectivity index (χ0) is 15.2. The van der Waals surface area contributed by atoms with Crippen molar-refractivity contribution < 1.29 is 4.39 Å². The van der Waals surface area contributed by atoms with Gasteiger partial charge in [0, 0.05) is 0 Å². The molecule has 2 nitrogen and oxygen atoms in total. The zero-order valence-corrected chi connectivity index (χ0v) is 13.0. The van der Waals surface area contributed by atoms with E-state index in [-0.39, 0.29) is 11.9 Å². The Bertz CT molecular complexity index is 628. The number of rotatable bonds is 4. The van der Waals surface area contributed by atoms with E-state index in [4.69, 9.17) is 12.2 Å². The molecule has 0 radical (unpaired) electrons. The molecule has 2 aromatic carbocycles. The van der Waals surface area contributed by atoms with Crippen molar-refractivity contribution >= 4 is 23.0 Å². The molecule has 0 aromatic heterocycles. The number of benzene rings is 2.